The molecule has 0 bridgehead atoms. The molecule has 0 spiro atoms. The molecule has 160 valence electrons. The van der Waals surface area contributed by atoms with Gasteiger partial charge in [-0.2, -0.15) is 0 Å². The molecule has 2 aromatic carbocycles. The van der Waals surface area contributed by atoms with Crippen LogP contribution in [0.2, 0.25) is 0 Å². The zero-order valence-corrected chi connectivity index (χ0v) is 29.4. The minimum Gasteiger partial charge on any atom is -0.421 e. The standard InChI is InChI=1S/C16H2Br10O4/c17-5-7(19)11(23)15(12(24)8(5)20)29-3(27)1-2-4(28)30-16-13(25)9(21)6(18)10(22)14(16)26/h1-2H. The largest absolute Gasteiger partial charge is 0.421 e. The first-order valence-corrected chi connectivity index (χ1v) is 15.0. The first-order valence-electron chi connectivity index (χ1n) is 7.03. The van der Waals surface area contributed by atoms with E-state index in [2.05, 4.69) is 159 Å². The lowest BCUT2D eigenvalue weighted by Crippen LogP contribution is -2.10. The smallest absolute Gasteiger partial charge is 0.336 e. The quantitative estimate of drug-likeness (QED) is 0.101. The average Bonchev–Trinajstić information content (AvgIpc) is 2.72. The summed E-state index contributed by atoms with van der Waals surface area (Å²) in [6.07, 6.45) is 1.94. The molecule has 0 N–H and O–H groups in total. The first-order chi connectivity index (χ1) is 13.9. The predicted molar refractivity (Wildman–Crippen MR) is 150 cm³/mol. The van der Waals surface area contributed by atoms with Gasteiger partial charge in [-0.25, -0.2) is 9.59 Å². The second-order valence-corrected chi connectivity index (χ2v) is 12.9. The van der Waals surface area contributed by atoms with Crippen molar-refractivity contribution in [1.29, 1.82) is 0 Å². The van der Waals surface area contributed by atoms with E-state index in [-0.39, 0.29) is 11.5 Å². The Hall–Kier alpha value is 1.92. The molecule has 0 unspecified atom stereocenters. The lowest BCUT2D eigenvalue weighted by Gasteiger charge is -2.13. The summed E-state index contributed by atoms with van der Waals surface area (Å²) in [5.74, 6) is -1.09. The van der Waals surface area contributed by atoms with E-state index in [1.165, 1.54) is 0 Å². The van der Waals surface area contributed by atoms with Gasteiger partial charge in [0.15, 0.2) is 11.5 Å². The van der Waals surface area contributed by atoms with E-state index in [1.54, 1.807) is 0 Å². The summed E-state index contributed by atoms with van der Waals surface area (Å²) in [4.78, 5) is 24.5. The second-order valence-electron chi connectivity index (χ2n) is 4.97. The van der Waals surface area contributed by atoms with Crippen LogP contribution in [-0.2, 0) is 9.59 Å². The minimum absolute atomic E-state index is 0.228. The fourth-order valence-corrected chi connectivity index (χ4v) is 8.10. The molecule has 0 radical (unpaired) electrons. The third-order valence-corrected chi connectivity index (χ3v) is 15.1. The fraction of sp³-hybridized carbons (Fsp3) is 0. The van der Waals surface area contributed by atoms with Crippen molar-refractivity contribution in [3.63, 3.8) is 0 Å². The monoisotopic (exact) mass is 1050 g/mol. The second kappa shape index (κ2) is 12.1. The zero-order chi connectivity index (χ0) is 22.9. The van der Waals surface area contributed by atoms with Gasteiger partial charge in [-0.05, 0) is 159 Å². The van der Waals surface area contributed by atoms with Gasteiger partial charge >= 0.3 is 11.9 Å². The summed E-state index contributed by atoms with van der Waals surface area (Å²) >= 11 is 33.8. The molecule has 0 amide bonds. The fourth-order valence-electron chi connectivity index (χ4n) is 1.75. The van der Waals surface area contributed by atoms with E-state index < -0.39 is 11.9 Å². The molecule has 0 aliphatic heterocycles. The van der Waals surface area contributed by atoms with Crippen LogP contribution < -0.4 is 9.47 Å². The van der Waals surface area contributed by atoms with Crippen LogP contribution in [0, 0.1) is 0 Å². The van der Waals surface area contributed by atoms with Gasteiger partial charge in [0.25, 0.3) is 0 Å². The van der Waals surface area contributed by atoms with Gasteiger partial charge in [0.1, 0.15) is 0 Å². The molecule has 0 fully saturated rings. The first kappa shape index (κ1) is 28.2. The minimum atomic E-state index is -0.772. The number of halogens is 10. The predicted octanol–water partition coefficient (Wildman–Crippen LogP) is 10.4. The molecule has 0 aromatic heterocycles. The lowest BCUT2D eigenvalue weighted by atomic mass is 10.3. The molecule has 0 heterocycles. The maximum atomic E-state index is 12.2. The highest BCUT2D eigenvalue weighted by atomic mass is 79.9. The molecule has 4 nitrogen and oxygen atoms in total. The maximum absolute atomic E-state index is 12.2. The van der Waals surface area contributed by atoms with Gasteiger partial charge in [-0.3, -0.25) is 0 Å². The molecular weight excluding hydrogens is 1060 g/mol. The normalized spacial score (nSPS) is 11.1. The van der Waals surface area contributed by atoms with Crippen molar-refractivity contribution < 1.29 is 19.1 Å². The van der Waals surface area contributed by atoms with Crippen molar-refractivity contribution in [2.24, 2.45) is 0 Å². The molecule has 0 aliphatic rings. The Morgan fingerprint density at radius 2 is 0.633 bits per heavy atom. The Morgan fingerprint density at radius 3 is 0.867 bits per heavy atom. The topological polar surface area (TPSA) is 52.6 Å². The number of carbonyl (C=O) groups excluding carboxylic acids is 2. The zero-order valence-electron chi connectivity index (χ0n) is 13.6. The molecule has 0 saturated heterocycles. The van der Waals surface area contributed by atoms with Gasteiger partial charge in [-0.1, -0.05) is 0 Å². The van der Waals surface area contributed by atoms with Gasteiger partial charge in [0, 0.05) is 21.1 Å². The molecule has 0 saturated carbocycles. The Morgan fingerprint density at radius 1 is 0.433 bits per heavy atom. The third-order valence-electron chi connectivity index (χ3n) is 3.10. The van der Waals surface area contributed by atoms with Crippen molar-refractivity contribution in [3.05, 3.63) is 56.9 Å². The summed E-state index contributed by atoms with van der Waals surface area (Å²) in [7, 11) is 0. The number of hydrogen-bond donors (Lipinski definition) is 0. The summed E-state index contributed by atoms with van der Waals surface area (Å²) in [6.45, 7) is 0. The highest BCUT2D eigenvalue weighted by Crippen LogP contribution is 2.49. The molecule has 14 heteroatoms. The van der Waals surface area contributed by atoms with E-state index in [0.717, 1.165) is 21.1 Å². The Kier molecular flexibility index (Phi) is 11.3. The van der Waals surface area contributed by atoms with Crippen LogP contribution in [0.25, 0.3) is 0 Å². The van der Waals surface area contributed by atoms with Crippen molar-refractivity contribution in [3.8, 4) is 11.5 Å². The number of benzene rings is 2. The summed E-state index contributed by atoms with van der Waals surface area (Å²) in [5.41, 5.74) is 0. The molecule has 2 rings (SSSR count). The highest BCUT2D eigenvalue weighted by molar-refractivity contribution is 9.16. The lowest BCUT2D eigenvalue weighted by molar-refractivity contribution is -0.131. The van der Waals surface area contributed by atoms with Crippen molar-refractivity contribution in [1.82, 2.24) is 0 Å². The van der Waals surface area contributed by atoms with Crippen molar-refractivity contribution >= 4 is 171 Å². The summed E-state index contributed by atoms with van der Waals surface area (Å²) < 4.78 is 16.7. The third kappa shape index (κ3) is 6.32. The van der Waals surface area contributed by atoms with Crippen molar-refractivity contribution in [2.45, 2.75) is 0 Å². The van der Waals surface area contributed by atoms with E-state index >= 15 is 0 Å². The number of rotatable bonds is 4. The molecule has 0 atom stereocenters. The molecular formula is C16H2Br10O4. The summed E-state index contributed by atoms with van der Waals surface area (Å²) in [5, 5.41) is 0. The van der Waals surface area contributed by atoms with Crippen LogP contribution in [-0.4, -0.2) is 11.9 Å². The molecule has 0 aliphatic carbocycles. The van der Waals surface area contributed by atoms with Crippen molar-refractivity contribution in [2.75, 3.05) is 0 Å². The maximum Gasteiger partial charge on any atom is 0.336 e. The Balaban J connectivity index is 2.21. The van der Waals surface area contributed by atoms with E-state index in [9.17, 15) is 9.59 Å². The number of esters is 2. The SMILES string of the molecule is O=C(C=CC(=O)Oc1c(Br)c(Br)c(Br)c(Br)c1Br)Oc1c(Br)c(Br)c(Br)c(Br)c1Br. The van der Waals surface area contributed by atoms with Gasteiger partial charge < -0.3 is 9.47 Å². The number of ether oxygens (including phenoxy) is 2. The van der Waals surface area contributed by atoms with Crippen LogP contribution in [0.15, 0.2) is 56.9 Å². The molecule has 2 aromatic rings. The van der Waals surface area contributed by atoms with E-state index in [0.29, 0.717) is 35.8 Å². The Labute approximate surface area is 254 Å². The Bertz CT molecular complexity index is 953. The van der Waals surface area contributed by atoms with Gasteiger partial charge in [-0.15, -0.1) is 0 Å². The van der Waals surface area contributed by atoms with Crippen LogP contribution in [0.5, 0.6) is 11.5 Å². The van der Waals surface area contributed by atoms with Gasteiger partial charge in [0.05, 0.1) is 35.8 Å². The average molecular weight is 1060 g/mol. The van der Waals surface area contributed by atoms with Gasteiger partial charge in [0.2, 0.25) is 0 Å². The summed E-state index contributed by atoms with van der Waals surface area (Å²) in [6, 6.07) is 0. The molecule has 30 heavy (non-hydrogen) atoms. The van der Waals surface area contributed by atoms with Crippen LogP contribution in [0.4, 0.5) is 0 Å². The van der Waals surface area contributed by atoms with Crippen LogP contribution in [0.1, 0.15) is 0 Å². The van der Waals surface area contributed by atoms with Crippen LogP contribution in [0.3, 0.4) is 0 Å². The van der Waals surface area contributed by atoms with E-state index in [1.807, 2.05) is 0 Å². The number of carbonyl (C=O) groups is 2. The highest BCUT2D eigenvalue weighted by Gasteiger charge is 2.22. The number of hydrogen-bond acceptors (Lipinski definition) is 4. The van der Waals surface area contributed by atoms with E-state index in [4.69, 9.17) is 9.47 Å². The van der Waals surface area contributed by atoms with Crippen LogP contribution >= 0.6 is 159 Å².